The maximum atomic E-state index is 12.0. The molecule has 1 unspecified atom stereocenters. The lowest BCUT2D eigenvalue weighted by Crippen LogP contribution is -2.38. The van der Waals surface area contributed by atoms with Crippen molar-refractivity contribution < 1.29 is 19.2 Å². The molecule has 0 bridgehead atoms. The smallest absolute Gasteiger partial charge is 0.313 e. The molecule has 2 aromatic rings. The van der Waals surface area contributed by atoms with E-state index in [1.54, 1.807) is 13.0 Å². The van der Waals surface area contributed by atoms with Gasteiger partial charge in [-0.1, -0.05) is 6.07 Å². The van der Waals surface area contributed by atoms with E-state index in [-0.39, 0.29) is 24.0 Å². The van der Waals surface area contributed by atoms with E-state index in [0.717, 1.165) is 9.75 Å². The number of aryl methyl sites for hydroxylation is 2. The first-order valence-electron chi connectivity index (χ1n) is 7.75. The van der Waals surface area contributed by atoms with Gasteiger partial charge in [-0.2, -0.15) is 0 Å². The zero-order chi connectivity index (χ0) is 19.3. The van der Waals surface area contributed by atoms with E-state index in [4.69, 9.17) is 4.74 Å². The van der Waals surface area contributed by atoms with Crippen LogP contribution in [-0.4, -0.2) is 30.4 Å². The SMILES string of the molecule is COC(CNC(=O)C(=O)Nc1ccc(C)cc1[N+](=O)[O-])c1ccc(C)s1. The number of benzene rings is 1. The number of nitro benzene ring substituents is 1. The minimum Gasteiger partial charge on any atom is -0.374 e. The van der Waals surface area contributed by atoms with Crippen molar-refractivity contribution in [2.45, 2.75) is 20.0 Å². The van der Waals surface area contributed by atoms with E-state index in [1.165, 1.54) is 30.6 Å². The molecule has 0 aliphatic heterocycles. The quantitative estimate of drug-likeness (QED) is 0.457. The Hall–Kier alpha value is -2.78. The van der Waals surface area contributed by atoms with E-state index < -0.39 is 16.7 Å². The van der Waals surface area contributed by atoms with Gasteiger partial charge in [-0.3, -0.25) is 19.7 Å². The average Bonchev–Trinajstić information content (AvgIpc) is 3.02. The molecule has 2 amide bonds. The maximum Gasteiger partial charge on any atom is 0.313 e. The number of carbonyl (C=O) groups excluding carboxylic acids is 2. The first-order chi connectivity index (χ1) is 12.3. The third kappa shape index (κ3) is 4.87. The van der Waals surface area contributed by atoms with Gasteiger partial charge in [-0.05, 0) is 37.6 Å². The number of hydrogen-bond donors (Lipinski definition) is 2. The number of nitrogens with zero attached hydrogens (tertiary/aromatic N) is 1. The number of anilines is 1. The second-order valence-electron chi connectivity index (χ2n) is 5.61. The second-order valence-corrected chi connectivity index (χ2v) is 6.93. The Morgan fingerprint density at radius 3 is 2.54 bits per heavy atom. The third-order valence-corrected chi connectivity index (χ3v) is 4.71. The van der Waals surface area contributed by atoms with Gasteiger partial charge >= 0.3 is 11.8 Å². The third-order valence-electron chi connectivity index (χ3n) is 3.62. The fourth-order valence-corrected chi connectivity index (χ4v) is 3.22. The topological polar surface area (TPSA) is 111 Å². The van der Waals surface area contributed by atoms with E-state index in [9.17, 15) is 19.7 Å². The van der Waals surface area contributed by atoms with Crippen molar-refractivity contribution in [2.24, 2.45) is 0 Å². The number of carbonyl (C=O) groups is 2. The highest BCUT2D eigenvalue weighted by molar-refractivity contribution is 7.12. The summed E-state index contributed by atoms with van der Waals surface area (Å²) in [5.74, 6) is -1.87. The minimum absolute atomic E-state index is 0.0297. The Kier molecular flexibility index (Phi) is 6.42. The lowest BCUT2D eigenvalue weighted by molar-refractivity contribution is -0.384. The van der Waals surface area contributed by atoms with Crippen molar-refractivity contribution in [3.8, 4) is 0 Å². The van der Waals surface area contributed by atoms with Gasteiger partial charge in [0.25, 0.3) is 5.69 Å². The average molecular weight is 377 g/mol. The van der Waals surface area contributed by atoms with Gasteiger partial charge in [0.2, 0.25) is 0 Å². The molecule has 0 fully saturated rings. The number of rotatable bonds is 6. The summed E-state index contributed by atoms with van der Waals surface area (Å²) in [7, 11) is 1.52. The number of ether oxygens (including phenoxy) is 1. The summed E-state index contributed by atoms with van der Waals surface area (Å²) in [5.41, 5.74) is 0.376. The van der Waals surface area contributed by atoms with Gasteiger partial charge < -0.3 is 15.4 Å². The lowest BCUT2D eigenvalue weighted by Gasteiger charge is -2.14. The van der Waals surface area contributed by atoms with Crippen LogP contribution in [0.3, 0.4) is 0 Å². The van der Waals surface area contributed by atoms with Crippen molar-refractivity contribution in [3.63, 3.8) is 0 Å². The normalized spacial score (nSPS) is 11.7. The van der Waals surface area contributed by atoms with E-state index in [2.05, 4.69) is 10.6 Å². The number of nitro groups is 1. The van der Waals surface area contributed by atoms with Crippen LogP contribution >= 0.6 is 11.3 Å². The summed E-state index contributed by atoms with van der Waals surface area (Å²) in [4.78, 5) is 36.5. The monoisotopic (exact) mass is 377 g/mol. The molecule has 138 valence electrons. The molecule has 2 N–H and O–H groups in total. The van der Waals surface area contributed by atoms with Crippen LogP contribution in [0.1, 0.15) is 21.4 Å². The van der Waals surface area contributed by atoms with Crippen LogP contribution < -0.4 is 10.6 Å². The molecular weight excluding hydrogens is 358 g/mol. The predicted molar refractivity (Wildman–Crippen MR) is 98.3 cm³/mol. The first kappa shape index (κ1) is 19.5. The number of methoxy groups -OCH3 is 1. The summed E-state index contributed by atoms with van der Waals surface area (Å²) in [6, 6.07) is 8.17. The Balaban J connectivity index is 2.00. The molecule has 1 heterocycles. The fraction of sp³-hybridized carbons (Fsp3) is 0.294. The van der Waals surface area contributed by atoms with Crippen molar-refractivity contribution >= 4 is 34.5 Å². The molecule has 0 aliphatic rings. The number of amides is 2. The molecule has 26 heavy (non-hydrogen) atoms. The first-order valence-corrected chi connectivity index (χ1v) is 8.56. The lowest BCUT2D eigenvalue weighted by atomic mass is 10.2. The van der Waals surface area contributed by atoms with Gasteiger partial charge in [-0.25, -0.2) is 0 Å². The molecule has 0 spiro atoms. The zero-order valence-corrected chi connectivity index (χ0v) is 15.4. The van der Waals surface area contributed by atoms with E-state index in [0.29, 0.717) is 5.56 Å². The van der Waals surface area contributed by atoms with E-state index >= 15 is 0 Å². The maximum absolute atomic E-state index is 12.0. The largest absolute Gasteiger partial charge is 0.374 e. The molecule has 0 radical (unpaired) electrons. The molecule has 1 atom stereocenters. The molecular formula is C17H19N3O5S. The van der Waals surface area contributed by atoms with Gasteiger partial charge in [0.1, 0.15) is 11.8 Å². The number of thiophene rings is 1. The summed E-state index contributed by atoms with van der Waals surface area (Å²) in [6.07, 6.45) is -0.376. The van der Waals surface area contributed by atoms with Crippen LogP contribution in [0.5, 0.6) is 0 Å². The van der Waals surface area contributed by atoms with Gasteiger partial charge in [0.05, 0.1) is 4.92 Å². The van der Waals surface area contributed by atoms with Crippen molar-refractivity contribution in [2.75, 3.05) is 19.0 Å². The standard InChI is InChI=1S/C17H19N3O5S/c1-10-4-6-12(13(8-10)20(23)24)19-17(22)16(21)18-9-14(25-3)15-7-5-11(2)26-15/h4-8,14H,9H2,1-3H3,(H,18,21)(H,19,22). The molecule has 0 saturated heterocycles. The van der Waals surface area contributed by atoms with Gasteiger partial charge in [0.15, 0.2) is 0 Å². The van der Waals surface area contributed by atoms with Crippen LogP contribution in [0.4, 0.5) is 11.4 Å². The molecule has 0 aliphatic carbocycles. The Morgan fingerprint density at radius 2 is 1.96 bits per heavy atom. The molecule has 9 heteroatoms. The van der Waals surface area contributed by atoms with Gasteiger partial charge in [0, 0.05) is 29.5 Å². The van der Waals surface area contributed by atoms with Crippen LogP contribution in [-0.2, 0) is 14.3 Å². The zero-order valence-electron chi connectivity index (χ0n) is 14.6. The Morgan fingerprint density at radius 1 is 1.23 bits per heavy atom. The van der Waals surface area contributed by atoms with Crippen molar-refractivity contribution in [1.82, 2.24) is 5.32 Å². The summed E-state index contributed by atoms with van der Waals surface area (Å²) in [6.45, 7) is 3.77. The molecule has 2 rings (SSSR count). The van der Waals surface area contributed by atoms with E-state index in [1.807, 2.05) is 19.1 Å². The summed E-state index contributed by atoms with van der Waals surface area (Å²) in [5, 5.41) is 15.8. The van der Waals surface area contributed by atoms with Crippen LogP contribution in [0, 0.1) is 24.0 Å². The van der Waals surface area contributed by atoms with Crippen LogP contribution in [0.2, 0.25) is 0 Å². The Labute approximate surface area is 154 Å². The summed E-state index contributed by atoms with van der Waals surface area (Å²) >= 11 is 1.54. The molecule has 0 saturated carbocycles. The van der Waals surface area contributed by atoms with Crippen LogP contribution in [0.15, 0.2) is 30.3 Å². The minimum atomic E-state index is -0.978. The highest BCUT2D eigenvalue weighted by Gasteiger charge is 2.21. The summed E-state index contributed by atoms with van der Waals surface area (Å²) < 4.78 is 5.34. The van der Waals surface area contributed by atoms with Crippen molar-refractivity contribution in [3.05, 3.63) is 55.8 Å². The molecule has 1 aromatic carbocycles. The fourth-order valence-electron chi connectivity index (χ4n) is 2.27. The Bertz CT molecular complexity index is 834. The highest BCUT2D eigenvalue weighted by Crippen LogP contribution is 2.26. The highest BCUT2D eigenvalue weighted by atomic mass is 32.1. The molecule has 1 aromatic heterocycles. The predicted octanol–water partition coefficient (Wildman–Crippen LogP) is 2.72. The number of hydrogen-bond acceptors (Lipinski definition) is 6. The molecule has 8 nitrogen and oxygen atoms in total. The van der Waals surface area contributed by atoms with Crippen LogP contribution in [0.25, 0.3) is 0 Å². The number of nitrogens with one attached hydrogen (secondary N) is 2. The van der Waals surface area contributed by atoms with Gasteiger partial charge in [-0.15, -0.1) is 11.3 Å². The van der Waals surface area contributed by atoms with Crippen molar-refractivity contribution in [1.29, 1.82) is 0 Å². The second kappa shape index (κ2) is 8.54.